The average Bonchev–Trinajstić information content (AvgIpc) is 2.26. The Balaban J connectivity index is 3.80. The summed E-state index contributed by atoms with van der Waals surface area (Å²) in [6.07, 6.45) is 4.09. The van der Waals surface area contributed by atoms with Crippen molar-refractivity contribution < 1.29 is 19.3 Å². The van der Waals surface area contributed by atoms with Gasteiger partial charge in [-0.2, -0.15) is 4.89 Å². The standard InChI is InChI=1S/C13H26O4/c1-6-8-9-10-13(4,5)17-16-12(14)15-11(3)7-2/h11H,6-10H2,1-5H3. The topological polar surface area (TPSA) is 44.8 Å². The van der Waals surface area contributed by atoms with Crippen LogP contribution in [-0.2, 0) is 14.5 Å². The van der Waals surface area contributed by atoms with Gasteiger partial charge in [-0.05, 0) is 33.6 Å². The normalized spacial score (nSPS) is 13.2. The molecule has 102 valence electrons. The largest absolute Gasteiger partial charge is 0.540 e. The zero-order valence-corrected chi connectivity index (χ0v) is 11.7. The Labute approximate surface area is 105 Å². The first kappa shape index (κ1) is 16.2. The van der Waals surface area contributed by atoms with Gasteiger partial charge in [-0.1, -0.05) is 33.1 Å². The first-order valence-electron chi connectivity index (χ1n) is 6.47. The Hall–Kier alpha value is -0.770. The van der Waals surface area contributed by atoms with Crippen LogP contribution in [0.15, 0.2) is 0 Å². The van der Waals surface area contributed by atoms with Crippen LogP contribution in [0.5, 0.6) is 0 Å². The molecule has 0 aliphatic carbocycles. The Morgan fingerprint density at radius 1 is 1.24 bits per heavy atom. The van der Waals surface area contributed by atoms with Crippen molar-refractivity contribution in [3.05, 3.63) is 0 Å². The Morgan fingerprint density at radius 2 is 1.88 bits per heavy atom. The van der Waals surface area contributed by atoms with Crippen molar-refractivity contribution in [1.82, 2.24) is 0 Å². The van der Waals surface area contributed by atoms with Gasteiger partial charge in [0, 0.05) is 0 Å². The number of hydrogen-bond donors (Lipinski definition) is 0. The molecule has 0 aliphatic rings. The second-order valence-corrected chi connectivity index (χ2v) is 4.97. The van der Waals surface area contributed by atoms with Crippen LogP contribution in [0.4, 0.5) is 4.79 Å². The van der Waals surface area contributed by atoms with Gasteiger partial charge >= 0.3 is 6.16 Å². The van der Waals surface area contributed by atoms with E-state index in [1.165, 1.54) is 0 Å². The van der Waals surface area contributed by atoms with E-state index in [0.29, 0.717) is 0 Å². The van der Waals surface area contributed by atoms with Gasteiger partial charge in [0.25, 0.3) is 0 Å². The van der Waals surface area contributed by atoms with Gasteiger partial charge in [-0.25, -0.2) is 4.79 Å². The van der Waals surface area contributed by atoms with Crippen LogP contribution in [0, 0.1) is 0 Å². The molecule has 0 N–H and O–H groups in total. The summed E-state index contributed by atoms with van der Waals surface area (Å²) in [7, 11) is 0. The third-order valence-corrected chi connectivity index (χ3v) is 2.59. The fraction of sp³-hybridized carbons (Fsp3) is 0.923. The maximum atomic E-state index is 11.2. The van der Waals surface area contributed by atoms with E-state index in [4.69, 9.17) is 9.62 Å². The van der Waals surface area contributed by atoms with Gasteiger partial charge in [0.2, 0.25) is 0 Å². The van der Waals surface area contributed by atoms with Crippen molar-refractivity contribution in [3.8, 4) is 0 Å². The highest BCUT2D eigenvalue weighted by Crippen LogP contribution is 2.19. The number of unbranched alkanes of at least 4 members (excludes halogenated alkanes) is 2. The number of hydrogen-bond acceptors (Lipinski definition) is 4. The Kier molecular flexibility index (Phi) is 7.96. The van der Waals surface area contributed by atoms with Gasteiger partial charge in [0.1, 0.15) is 11.7 Å². The molecule has 0 aromatic heterocycles. The lowest BCUT2D eigenvalue weighted by atomic mass is 10.0. The lowest BCUT2D eigenvalue weighted by Gasteiger charge is -2.22. The molecule has 0 saturated heterocycles. The highest BCUT2D eigenvalue weighted by molar-refractivity contribution is 5.59. The molecular weight excluding hydrogens is 220 g/mol. The fourth-order valence-corrected chi connectivity index (χ4v) is 1.26. The van der Waals surface area contributed by atoms with Crippen LogP contribution in [0.1, 0.15) is 66.7 Å². The summed E-state index contributed by atoms with van der Waals surface area (Å²) in [4.78, 5) is 21.0. The first-order chi connectivity index (χ1) is 7.91. The number of rotatable bonds is 8. The lowest BCUT2D eigenvalue weighted by molar-refractivity contribution is -0.320. The zero-order chi connectivity index (χ0) is 13.3. The summed E-state index contributed by atoms with van der Waals surface area (Å²) < 4.78 is 4.93. The molecule has 0 aliphatic heterocycles. The number of carbonyl (C=O) groups is 1. The van der Waals surface area contributed by atoms with E-state index in [9.17, 15) is 4.79 Å². The van der Waals surface area contributed by atoms with E-state index in [0.717, 1.165) is 32.1 Å². The van der Waals surface area contributed by atoms with Crippen LogP contribution in [0.3, 0.4) is 0 Å². The van der Waals surface area contributed by atoms with Gasteiger partial charge in [0.05, 0.1) is 0 Å². The summed E-state index contributed by atoms with van der Waals surface area (Å²) in [5, 5.41) is 0. The highest BCUT2D eigenvalue weighted by Gasteiger charge is 2.22. The van der Waals surface area contributed by atoms with Crippen molar-refractivity contribution in [3.63, 3.8) is 0 Å². The van der Waals surface area contributed by atoms with Gasteiger partial charge in [-0.15, -0.1) is 0 Å². The van der Waals surface area contributed by atoms with E-state index >= 15 is 0 Å². The second-order valence-electron chi connectivity index (χ2n) is 4.97. The van der Waals surface area contributed by atoms with Crippen molar-refractivity contribution in [2.24, 2.45) is 0 Å². The molecule has 0 fully saturated rings. The molecule has 0 saturated carbocycles. The van der Waals surface area contributed by atoms with E-state index in [1.807, 2.05) is 27.7 Å². The van der Waals surface area contributed by atoms with Gasteiger partial charge < -0.3 is 4.74 Å². The molecule has 0 heterocycles. The van der Waals surface area contributed by atoms with Gasteiger partial charge in [-0.3, -0.25) is 4.89 Å². The van der Waals surface area contributed by atoms with Crippen molar-refractivity contribution in [1.29, 1.82) is 0 Å². The predicted molar refractivity (Wildman–Crippen MR) is 66.6 cm³/mol. The summed E-state index contributed by atoms with van der Waals surface area (Å²) in [5.74, 6) is 0. The molecular formula is C13H26O4. The maximum absolute atomic E-state index is 11.2. The predicted octanol–water partition coefficient (Wildman–Crippen LogP) is 4.23. The Bertz CT molecular complexity index is 213. The minimum absolute atomic E-state index is 0.144. The molecule has 0 rings (SSSR count). The quantitative estimate of drug-likeness (QED) is 0.278. The van der Waals surface area contributed by atoms with E-state index in [1.54, 1.807) is 0 Å². The van der Waals surface area contributed by atoms with Crippen LogP contribution in [-0.4, -0.2) is 17.9 Å². The molecule has 0 aromatic carbocycles. The average molecular weight is 246 g/mol. The molecule has 1 atom stereocenters. The Morgan fingerprint density at radius 3 is 2.41 bits per heavy atom. The van der Waals surface area contributed by atoms with Crippen LogP contribution in [0.2, 0.25) is 0 Å². The molecule has 4 nitrogen and oxygen atoms in total. The highest BCUT2D eigenvalue weighted by atomic mass is 17.2. The summed E-state index contributed by atoms with van der Waals surface area (Å²) in [5.41, 5.74) is -0.455. The molecule has 4 heteroatoms. The van der Waals surface area contributed by atoms with Crippen LogP contribution < -0.4 is 0 Å². The number of ether oxygens (including phenoxy) is 1. The smallest absolute Gasteiger partial charge is 0.429 e. The molecule has 1 unspecified atom stereocenters. The molecule has 0 amide bonds. The van der Waals surface area contributed by atoms with E-state index < -0.39 is 11.8 Å². The maximum Gasteiger partial charge on any atom is 0.540 e. The van der Waals surface area contributed by atoms with Crippen molar-refractivity contribution in [2.75, 3.05) is 0 Å². The lowest BCUT2D eigenvalue weighted by Crippen LogP contribution is -2.27. The molecule has 0 aromatic rings. The minimum atomic E-state index is -0.761. The van der Waals surface area contributed by atoms with Crippen molar-refractivity contribution in [2.45, 2.75) is 78.4 Å². The molecule has 0 bridgehead atoms. The molecule has 0 spiro atoms. The molecule has 0 radical (unpaired) electrons. The third-order valence-electron chi connectivity index (χ3n) is 2.59. The van der Waals surface area contributed by atoms with Crippen LogP contribution >= 0.6 is 0 Å². The van der Waals surface area contributed by atoms with Crippen molar-refractivity contribution >= 4 is 6.16 Å². The SMILES string of the molecule is CCCCCC(C)(C)OOC(=O)OC(C)CC. The van der Waals surface area contributed by atoms with Gasteiger partial charge in [0.15, 0.2) is 0 Å². The molecule has 17 heavy (non-hydrogen) atoms. The minimum Gasteiger partial charge on any atom is -0.429 e. The number of carbonyl (C=O) groups excluding carboxylic acids is 1. The fourth-order valence-electron chi connectivity index (χ4n) is 1.26. The zero-order valence-electron chi connectivity index (χ0n) is 11.7. The van der Waals surface area contributed by atoms with Crippen LogP contribution in [0.25, 0.3) is 0 Å². The summed E-state index contributed by atoms with van der Waals surface area (Å²) in [6.45, 7) is 9.70. The second kappa shape index (κ2) is 8.34. The monoisotopic (exact) mass is 246 g/mol. The van der Waals surface area contributed by atoms with E-state index in [2.05, 4.69) is 11.8 Å². The summed E-state index contributed by atoms with van der Waals surface area (Å²) >= 11 is 0. The summed E-state index contributed by atoms with van der Waals surface area (Å²) in [6, 6.07) is 0. The van der Waals surface area contributed by atoms with E-state index in [-0.39, 0.29) is 6.10 Å². The third kappa shape index (κ3) is 8.98. The first-order valence-corrected chi connectivity index (χ1v) is 6.47.